The quantitative estimate of drug-likeness (QED) is 0.819. The van der Waals surface area contributed by atoms with Crippen molar-refractivity contribution >= 4 is 22.9 Å². The van der Waals surface area contributed by atoms with Crippen LogP contribution in [0.4, 0.5) is 0 Å². The highest BCUT2D eigenvalue weighted by molar-refractivity contribution is 8.93. The number of hydrogen-bond donors (Lipinski definition) is 1. The summed E-state index contributed by atoms with van der Waals surface area (Å²) in [5.74, 6) is -0.122. The third-order valence-electron chi connectivity index (χ3n) is 1.33. The van der Waals surface area contributed by atoms with Crippen LogP contribution in [0.15, 0.2) is 37.2 Å². The molecule has 0 saturated carbocycles. The standard InChI is InChI=1S/C9H10N2O.BrH/c1-2-5-11-9(12)8-4-3-6-10-7-8;/h2-4,6-7H,1,5H2,(H,11,12);1H. The molecular weight excluding hydrogens is 232 g/mol. The summed E-state index contributed by atoms with van der Waals surface area (Å²) in [6, 6.07) is 3.44. The van der Waals surface area contributed by atoms with Gasteiger partial charge in [-0.15, -0.1) is 23.6 Å². The van der Waals surface area contributed by atoms with E-state index in [1.165, 1.54) is 6.20 Å². The molecular formula is C9H11BrN2O. The van der Waals surface area contributed by atoms with Crippen molar-refractivity contribution in [2.45, 2.75) is 0 Å². The highest BCUT2D eigenvalue weighted by Crippen LogP contribution is 1.93. The topological polar surface area (TPSA) is 42.0 Å². The summed E-state index contributed by atoms with van der Waals surface area (Å²) in [4.78, 5) is 15.0. The molecule has 70 valence electrons. The van der Waals surface area contributed by atoms with E-state index < -0.39 is 0 Å². The molecule has 0 aliphatic carbocycles. The van der Waals surface area contributed by atoms with E-state index >= 15 is 0 Å². The van der Waals surface area contributed by atoms with E-state index in [2.05, 4.69) is 16.9 Å². The highest BCUT2D eigenvalue weighted by Gasteiger charge is 2.01. The number of amides is 1. The molecule has 1 aromatic rings. The third kappa shape index (κ3) is 3.85. The zero-order valence-electron chi connectivity index (χ0n) is 7.06. The van der Waals surface area contributed by atoms with Gasteiger partial charge in [-0.3, -0.25) is 9.78 Å². The van der Waals surface area contributed by atoms with Gasteiger partial charge in [-0.05, 0) is 12.1 Å². The molecule has 1 rings (SSSR count). The van der Waals surface area contributed by atoms with Crippen molar-refractivity contribution in [3.8, 4) is 0 Å². The average Bonchev–Trinajstić information content (AvgIpc) is 2.15. The van der Waals surface area contributed by atoms with Gasteiger partial charge >= 0.3 is 0 Å². The molecule has 1 aromatic heterocycles. The van der Waals surface area contributed by atoms with Gasteiger partial charge in [0.1, 0.15) is 0 Å². The summed E-state index contributed by atoms with van der Waals surface area (Å²) in [5, 5.41) is 2.65. The fraction of sp³-hybridized carbons (Fsp3) is 0.111. The lowest BCUT2D eigenvalue weighted by molar-refractivity contribution is 0.0957. The van der Waals surface area contributed by atoms with Gasteiger partial charge in [-0.25, -0.2) is 0 Å². The minimum atomic E-state index is -0.122. The number of halogens is 1. The van der Waals surface area contributed by atoms with E-state index in [9.17, 15) is 4.79 Å². The number of carbonyl (C=O) groups is 1. The van der Waals surface area contributed by atoms with E-state index in [1.54, 1.807) is 24.4 Å². The predicted octanol–water partition coefficient (Wildman–Crippen LogP) is 1.58. The monoisotopic (exact) mass is 242 g/mol. The Kier molecular flexibility index (Phi) is 5.80. The van der Waals surface area contributed by atoms with Gasteiger partial charge in [0.15, 0.2) is 0 Å². The molecule has 0 saturated heterocycles. The number of aromatic nitrogens is 1. The minimum absolute atomic E-state index is 0. The minimum Gasteiger partial charge on any atom is -0.349 e. The molecule has 0 atom stereocenters. The number of nitrogens with one attached hydrogen (secondary N) is 1. The fourth-order valence-corrected chi connectivity index (χ4v) is 0.764. The van der Waals surface area contributed by atoms with Crippen molar-refractivity contribution in [2.75, 3.05) is 6.54 Å². The van der Waals surface area contributed by atoms with Crippen molar-refractivity contribution in [1.29, 1.82) is 0 Å². The molecule has 0 radical (unpaired) electrons. The summed E-state index contributed by atoms with van der Waals surface area (Å²) in [6.45, 7) is 3.98. The molecule has 0 aliphatic heterocycles. The number of rotatable bonds is 3. The first-order valence-corrected chi connectivity index (χ1v) is 3.63. The van der Waals surface area contributed by atoms with Crippen molar-refractivity contribution in [1.82, 2.24) is 10.3 Å². The second kappa shape index (κ2) is 6.37. The summed E-state index contributed by atoms with van der Waals surface area (Å²) < 4.78 is 0. The lowest BCUT2D eigenvalue weighted by atomic mass is 10.3. The summed E-state index contributed by atoms with van der Waals surface area (Å²) in [5.41, 5.74) is 0.569. The Balaban J connectivity index is 0.00000144. The zero-order valence-corrected chi connectivity index (χ0v) is 8.78. The van der Waals surface area contributed by atoms with Crippen LogP contribution in [0.25, 0.3) is 0 Å². The Bertz CT molecular complexity index is 274. The lowest BCUT2D eigenvalue weighted by Crippen LogP contribution is -2.23. The van der Waals surface area contributed by atoms with Gasteiger partial charge in [0.25, 0.3) is 5.91 Å². The highest BCUT2D eigenvalue weighted by atomic mass is 79.9. The first-order chi connectivity index (χ1) is 5.84. The summed E-state index contributed by atoms with van der Waals surface area (Å²) in [6.07, 6.45) is 4.79. The molecule has 0 unspecified atom stereocenters. The van der Waals surface area contributed by atoms with Gasteiger partial charge in [0.05, 0.1) is 5.56 Å². The Morgan fingerprint density at radius 3 is 3.00 bits per heavy atom. The van der Waals surface area contributed by atoms with Gasteiger partial charge in [-0.1, -0.05) is 6.08 Å². The Morgan fingerprint density at radius 1 is 1.69 bits per heavy atom. The predicted molar refractivity (Wildman–Crippen MR) is 57.1 cm³/mol. The summed E-state index contributed by atoms with van der Waals surface area (Å²) >= 11 is 0. The third-order valence-corrected chi connectivity index (χ3v) is 1.33. The molecule has 4 heteroatoms. The number of pyridine rings is 1. The van der Waals surface area contributed by atoms with E-state index in [1.807, 2.05) is 0 Å². The maximum absolute atomic E-state index is 11.2. The van der Waals surface area contributed by atoms with Gasteiger partial charge in [0.2, 0.25) is 0 Å². The van der Waals surface area contributed by atoms with Gasteiger partial charge in [0, 0.05) is 18.9 Å². The van der Waals surface area contributed by atoms with Crippen molar-refractivity contribution in [3.05, 3.63) is 42.7 Å². The van der Waals surface area contributed by atoms with Crippen molar-refractivity contribution in [2.24, 2.45) is 0 Å². The maximum atomic E-state index is 11.2. The fourth-order valence-electron chi connectivity index (χ4n) is 0.764. The first-order valence-electron chi connectivity index (χ1n) is 3.63. The second-order valence-corrected chi connectivity index (χ2v) is 2.24. The van der Waals surface area contributed by atoms with Crippen LogP contribution in [-0.4, -0.2) is 17.4 Å². The Hall–Kier alpha value is -1.16. The second-order valence-electron chi connectivity index (χ2n) is 2.24. The Morgan fingerprint density at radius 2 is 2.46 bits per heavy atom. The van der Waals surface area contributed by atoms with Gasteiger partial charge < -0.3 is 5.32 Å². The molecule has 0 aliphatic rings. The molecule has 1 N–H and O–H groups in total. The molecule has 13 heavy (non-hydrogen) atoms. The molecule has 3 nitrogen and oxygen atoms in total. The van der Waals surface area contributed by atoms with Crippen LogP contribution in [0.5, 0.6) is 0 Å². The molecule has 1 amide bonds. The molecule has 0 bridgehead atoms. The van der Waals surface area contributed by atoms with Crippen molar-refractivity contribution in [3.63, 3.8) is 0 Å². The van der Waals surface area contributed by atoms with E-state index in [0.29, 0.717) is 12.1 Å². The number of carbonyl (C=O) groups excluding carboxylic acids is 1. The molecule has 0 fully saturated rings. The smallest absolute Gasteiger partial charge is 0.253 e. The average molecular weight is 243 g/mol. The lowest BCUT2D eigenvalue weighted by Gasteiger charge is -1.99. The van der Waals surface area contributed by atoms with E-state index in [4.69, 9.17) is 0 Å². The SMILES string of the molecule is Br.C=CCNC(=O)c1cccnc1. The van der Waals surface area contributed by atoms with Crippen LogP contribution in [0.3, 0.4) is 0 Å². The van der Waals surface area contributed by atoms with Crippen LogP contribution in [0.1, 0.15) is 10.4 Å². The van der Waals surface area contributed by atoms with Gasteiger partial charge in [-0.2, -0.15) is 0 Å². The Labute approximate surface area is 87.6 Å². The van der Waals surface area contributed by atoms with Crippen LogP contribution in [0, 0.1) is 0 Å². The number of hydrogen-bond acceptors (Lipinski definition) is 2. The largest absolute Gasteiger partial charge is 0.349 e. The zero-order chi connectivity index (χ0) is 8.81. The van der Waals surface area contributed by atoms with E-state index in [-0.39, 0.29) is 22.9 Å². The molecule has 1 heterocycles. The van der Waals surface area contributed by atoms with Crippen LogP contribution >= 0.6 is 17.0 Å². The van der Waals surface area contributed by atoms with Crippen LogP contribution in [0.2, 0.25) is 0 Å². The summed E-state index contributed by atoms with van der Waals surface area (Å²) in [7, 11) is 0. The first kappa shape index (κ1) is 11.8. The van der Waals surface area contributed by atoms with Crippen LogP contribution < -0.4 is 5.32 Å². The molecule has 0 spiro atoms. The van der Waals surface area contributed by atoms with Crippen LogP contribution in [-0.2, 0) is 0 Å². The maximum Gasteiger partial charge on any atom is 0.253 e. The van der Waals surface area contributed by atoms with Crippen molar-refractivity contribution < 1.29 is 4.79 Å². The van der Waals surface area contributed by atoms with E-state index in [0.717, 1.165) is 0 Å². The number of nitrogens with zero attached hydrogens (tertiary/aromatic N) is 1. The molecule has 0 aromatic carbocycles. The normalized spacial score (nSPS) is 8.31.